The third kappa shape index (κ3) is 3.61. The van der Waals surface area contributed by atoms with Crippen molar-refractivity contribution < 1.29 is 8.42 Å². The molecule has 1 atom stereocenters. The number of benzene rings is 1. The van der Waals surface area contributed by atoms with Crippen molar-refractivity contribution >= 4 is 21.4 Å². The number of nitrogens with one attached hydrogen (secondary N) is 2. The molecular formula is C12H21N3O2S. The highest BCUT2D eigenvalue weighted by Gasteiger charge is 2.13. The predicted molar refractivity (Wildman–Crippen MR) is 75.1 cm³/mol. The topological polar surface area (TPSA) is 84.2 Å². The van der Waals surface area contributed by atoms with E-state index in [4.69, 9.17) is 5.73 Å². The van der Waals surface area contributed by atoms with E-state index in [2.05, 4.69) is 17.0 Å². The van der Waals surface area contributed by atoms with Crippen LogP contribution in [0.25, 0.3) is 0 Å². The molecule has 1 aromatic rings. The number of hydrogen-bond donors (Lipinski definition) is 3. The molecule has 0 aliphatic carbocycles. The van der Waals surface area contributed by atoms with Gasteiger partial charge >= 0.3 is 0 Å². The van der Waals surface area contributed by atoms with E-state index in [1.165, 1.54) is 13.1 Å². The molecular weight excluding hydrogens is 250 g/mol. The second kappa shape index (κ2) is 6.06. The molecule has 4 N–H and O–H groups in total. The van der Waals surface area contributed by atoms with Crippen molar-refractivity contribution in [2.45, 2.75) is 37.6 Å². The largest absolute Gasteiger partial charge is 0.397 e. The zero-order valence-electron chi connectivity index (χ0n) is 11.0. The van der Waals surface area contributed by atoms with Crippen molar-refractivity contribution in [1.82, 2.24) is 4.72 Å². The summed E-state index contributed by atoms with van der Waals surface area (Å²) in [6.07, 6.45) is 2.06. The SMILES string of the molecule is CCCC(C)Nc1cc(S(=O)(=O)NC)ccc1N. The van der Waals surface area contributed by atoms with Crippen LogP contribution in [0.3, 0.4) is 0 Å². The van der Waals surface area contributed by atoms with E-state index in [0.717, 1.165) is 12.8 Å². The summed E-state index contributed by atoms with van der Waals surface area (Å²) in [6, 6.07) is 4.92. The second-order valence-electron chi connectivity index (χ2n) is 4.29. The van der Waals surface area contributed by atoms with Gasteiger partial charge in [0.2, 0.25) is 10.0 Å². The van der Waals surface area contributed by atoms with Crippen molar-refractivity contribution in [2.75, 3.05) is 18.1 Å². The molecule has 0 heterocycles. The van der Waals surface area contributed by atoms with Crippen LogP contribution in [-0.2, 0) is 10.0 Å². The van der Waals surface area contributed by atoms with E-state index in [0.29, 0.717) is 11.4 Å². The smallest absolute Gasteiger partial charge is 0.240 e. The summed E-state index contributed by atoms with van der Waals surface area (Å²) in [7, 11) is -2.04. The molecule has 1 aromatic carbocycles. The monoisotopic (exact) mass is 271 g/mol. The van der Waals surface area contributed by atoms with E-state index in [9.17, 15) is 8.42 Å². The third-order valence-electron chi connectivity index (χ3n) is 2.73. The summed E-state index contributed by atoms with van der Waals surface area (Å²) in [5, 5.41) is 3.23. The van der Waals surface area contributed by atoms with Gasteiger partial charge in [0.1, 0.15) is 0 Å². The van der Waals surface area contributed by atoms with Gasteiger partial charge in [-0.1, -0.05) is 13.3 Å². The van der Waals surface area contributed by atoms with Crippen LogP contribution in [0.1, 0.15) is 26.7 Å². The first-order chi connectivity index (χ1) is 8.40. The van der Waals surface area contributed by atoms with Crippen molar-refractivity contribution in [2.24, 2.45) is 0 Å². The Morgan fingerprint density at radius 3 is 2.61 bits per heavy atom. The van der Waals surface area contributed by atoms with Gasteiger partial charge in [-0.05, 0) is 38.6 Å². The molecule has 0 amide bonds. The molecule has 6 heteroatoms. The fourth-order valence-electron chi connectivity index (χ4n) is 1.72. The maximum atomic E-state index is 11.7. The zero-order valence-corrected chi connectivity index (χ0v) is 11.8. The first-order valence-corrected chi connectivity index (χ1v) is 7.48. The highest BCUT2D eigenvalue weighted by atomic mass is 32.2. The van der Waals surface area contributed by atoms with E-state index in [-0.39, 0.29) is 10.9 Å². The number of rotatable bonds is 6. The van der Waals surface area contributed by atoms with Crippen LogP contribution in [0.4, 0.5) is 11.4 Å². The van der Waals surface area contributed by atoms with Crippen molar-refractivity contribution in [1.29, 1.82) is 0 Å². The van der Waals surface area contributed by atoms with E-state index >= 15 is 0 Å². The number of nitrogens with two attached hydrogens (primary N) is 1. The molecule has 0 saturated heterocycles. The van der Waals surface area contributed by atoms with Crippen molar-refractivity contribution in [3.05, 3.63) is 18.2 Å². The lowest BCUT2D eigenvalue weighted by Gasteiger charge is -2.17. The first kappa shape index (κ1) is 14.8. The molecule has 0 aromatic heterocycles. The van der Waals surface area contributed by atoms with E-state index in [1.807, 2.05) is 6.92 Å². The Morgan fingerprint density at radius 2 is 2.06 bits per heavy atom. The average Bonchev–Trinajstić information content (AvgIpc) is 2.32. The van der Waals surface area contributed by atoms with Crippen LogP contribution in [0.5, 0.6) is 0 Å². The number of sulfonamides is 1. The molecule has 102 valence electrons. The second-order valence-corrected chi connectivity index (χ2v) is 6.18. The maximum Gasteiger partial charge on any atom is 0.240 e. The van der Waals surface area contributed by atoms with Gasteiger partial charge in [0.05, 0.1) is 16.3 Å². The Morgan fingerprint density at radius 1 is 1.39 bits per heavy atom. The predicted octanol–water partition coefficient (Wildman–Crippen LogP) is 1.78. The average molecular weight is 271 g/mol. The van der Waals surface area contributed by atoms with E-state index < -0.39 is 10.0 Å². The molecule has 1 rings (SSSR count). The molecule has 0 saturated carbocycles. The lowest BCUT2D eigenvalue weighted by atomic mass is 10.2. The molecule has 0 radical (unpaired) electrons. The van der Waals surface area contributed by atoms with Crippen molar-refractivity contribution in [3.63, 3.8) is 0 Å². The Kier molecular flexibility index (Phi) is 4.98. The Labute approximate surface area is 109 Å². The molecule has 0 fully saturated rings. The van der Waals surface area contributed by atoms with Gasteiger partial charge in [-0.25, -0.2) is 13.1 Å². The fraction of sp³-hybridized carbons (Fsp3) is 0.500. The maximum absolute atomic E-state index is 11.7. The normalized spacial score (nSPS) is 13.3. The molecule has 5 nitrogen and oxygen atoms in total. The summed E-state index contributed by atoms with van der Waals surface area (Å²) in [6.45, 7) is 4.14. The van der Waals surface area contributed by atoms with Crippen LogP contribution in [0.15, 0.2) is 23.1 Å². The van der Waals surface area contributed by atoms with Gasteiger partial charge in [0, 0.05) is 6.04 Å². The highest BCUT2D eigenvalue weighted by molar-refractivity contribution is 7.89. The van der Waals surface area contributed by atoms with Crippen LogP contribution in [-0.4, -0.2) is 21.5 Å². The summed E-state index contributed by atoms with van der Waals surface area (Å²) in [4.78, 5) is 0.213. The summed E-state index contributed by atoms with van der Waals surface area (Å²) < 4.78 is 25.7. The highest BCUT2D eigenvalue weighted by Crippen LogP contribution is 2.24. The van der Waals surface area contributed by atoms with Crippen LogP contribution in [0, 0.1) is 0 Å². The minimum Gasteiger partial charge on any atom is -0.397 e. The Bertz CT molecular complexity index is 500. The Hall–Kier alpha value is -1.27. The number of nitrogen functional groups attached to an aromatic ring is 1. The quantitative estimate of drug-likeness (QED) is 0.689. The van der Waals surface area contributed by atoms with Crippen LogP contribution >= 0.6 is 0 Å². The van der Waals surface area contributed by atoms with E-state index in [1.54, 1.807) is 12.1 Å². The molecule has 0 aliphatic rings. The van der Waals surface area contributed by atoms with Crippen LogP contribution in [0.2, 0.25) is 0 Å². The molecule has 0 aliphatic heterocycles. The Balaban J connectivity index is 3.02. The van der Waals surface area contributed by atoms with Gasteiger partial charge < -0.3 is 11.1 Å². The van der Waals surface area contributed by atoms with Gasteiger partial charge in [0.15, 0.2) is 0 Å². The first-order valence-electron chi connectivity index (χ1n) is 6.00. The summed E-state index contributed by atoms with van der Waals surface area (Å²) in [5.74, 6) is 0. The van der Waals surface area contributed by atoms with Gasteiger partial charge in [0.25, 0.3) is 0 Å². The molecule has 0 bridgehead atoms. The number of anilines is 2. The lowest BCUT2D eigenvalue weighted by molar-refractivity contribution is 0.588. The van der Waals surface area contributed by atoms with Crippen LogP contribution < -0.4 is 15.8 Å². The van der Waals surface area contributed by atoms with Crippen molar-refractivity contribution in [3.8, 4) is 0 Å². The standard InChI is InChI=1S/C12H21N3O2S/c1-4-5-9(2)15-12-8-10(6-7-11(12)13)18(16,17)14-3/h6-9,14-15H,4-5,13H2,1-3H3. The minimum absolute atomic E-state index is 0.213. The lowest BCUT2D eigenvalue weighted by Crippen LogP contribution is -2.20. The summed E-state index contributed by atoms with van der Waals surface area (Å²) >= 11 is 0. The van der Waals surface area contributed by atoms with Gasteiger partial charge in [-0.2, -0.15) is 0 Å². The minimum atomic E-state index is -3.43. The summed E-state index contributed by atoms with van der Waals surface area (Å²) in [5.41, 5.74) is 7.05. The molecule has 1 unspecified atom stereocenters. The van der Waals surface area contributed by atoms with Gasteiger partial charge in [-0.3, -0.25) is 0 Å². The number of hydrogen-bond acceptors (Lipinski definition) is 4. The third-order valence-corrected chi connectivity index (χ3v) is 4.14. The van der Waals surface area contributed by atoms with Gasteiger partial charge in [-0.15, -0.1) is 0 Å². The fourth-order valence-corrected chi connectivity index (χ4v) is 2.47. The molecule has 18 heavy (non-hydrogen) atoms. The molecule has 0 spiro atoms. The zero-order chi connectivity index (χ0) is 13.8.